The molecule has 2 aromatic rings. The van der Waals surface area contributed by atoms with Gasteiger partial charge in [-0.15, -0.1) is 0 Å². The number of amides is 2. The van der Waals surface area contributed by atoms with Crippen molar-refractivity contribution >= 4 is 11.8 Å². The van der Waals surface area contributed by atoms with Crippen molar-refractivity contribution in [3.8, 4) is 17.2 Å². The minimum absolute atomic E-state index is 0.0655. The average molecular weight is 499 g/mol. The van der Waals surface area contributed by atoms with E-state index in [2.05, 4.69) is 19.2 Å². The van der Waals surface area contributed by atoms with Crippen molar-refractivity contribution in [1.82, 2.24) is 10.2 Å². The van der Waals surface area contributed by atoms with Crippen LogP contribution < -0.4 is 19.5 Å². The highest BCUT2D eigenvalue weighted by Gasteiger charge is 2.28. The third-order valence-electron chi connectivity index (χ3n) is 5.82. The van der Waals surface area contributed by atoms with Crippen LogP contribution in [-0.2, 0) is 22.6 Å². The topological polar surface area (TPSA) is 77.1 Å². The lowest BCUT2D eigenvalue weighted by atomic mass is 10.1. The highest BCUT2D eigenvalue weighted by atomic mass is 16.5. The summed E-state index contributed by atoms with van der Waals surface area (Å²) in [7, 11) is 1.62. The van der Waals surface area contributed by atoms with Gasteiger partial charge in [-0.25, -0.2) is 0 Å². The number of benzene rings is 2. The zero-order valence-electron chi connectivity index (χ0n) is 22.6. The van der Waals surface area contributed by atoms with Gasteiger partial charge in [0.15, 0.2) is 11.5 Å². The van der Waals surface area contributed by atoms with Crippen molar-refractivity contribution in [2.75, 3.05) is 26.9 Å². The summed E-state index contributed by atoms with van der Waals surface area (Å²) in [6, 6.07) is 12.8. The molecule has 0 radical (unpaired) electrons. The first-order chi connectivity index (χ1) is 17.3. The second-order valence-electron chi connectivity index (χ2n) is 9.08. The molecule has 0 aliphatic heterocycles. The quantitative estimate of drug-likeness (QED) is 0.374. The van der Waals surface area contributed by atoms with E-state index in [4.69, 9.17) is 14.2 Å². The number of ether oxygens (including phenoxy) is 3. The number of nitrogens with zero attached hydrogens (tertiary/aromatic N) is 1. The molecule has 0 bridgehead atoms. The molecule has 0 saturated heterocycles. The van der Waals surface area contributed by atoms with Crippen LogP contribution in [0.5, 0.6) is 17.2 Å². The molecule has 0 aliphatic carbocycles. The molecule has 7 nitrogen and oxygen atoms in total. The van der Waals surface area contributed by atoms with Gasteiger partial charge in [-0.1, -0.05) is 39.0 Å². The third-order valence-corrected chi connectivity index (χ3v) is 5.82. The highest BCUT2D eigenvalue weighted by molar-refractivity contribution is 5.87. The predicted molar refractivity (Wildman–Crippen MR) is 143 cm³/mol. The molecule has 2 amide bonds. The summed E-state index contributed by atoms with van der Waals surface area (Å²) >= 11 is 0. The minimum atomic E-state index is -0.544. The zero-order chi connectivity index (χ0) is 26.5. The van der Waals surface area contributed by atoms with Crippen LogP contribution in [0.25, 0.3) is 0 Å². The van der Waals surface area contributed by atoms with Gasteiger partial charge in [0, 0.05) is 19.5 Å². The Bertz CT molecular complexity index is 959. The van der Waals surface area contributed by atoms with Crippen molar-refractivity contribution < 1.29 is 23.8 Å². The third kappa shape index (κ3) is 8.77. The normalized spacial score (nSPS) is 11.6. The molecule has 1 N–H and O–H groups in total. The van der Waals surface area contributed by atoms with E-state index in [-0.39, 0.29) is 18.2 Å². The standard InChI is InChI=1S/C29H42N2O5/c1-7-25(29(33)30-19-21(4)5)31(20-23-10-14-24(34-6)15-11-23)28(32)17-13-22-12-16-26(35-8-2)27(18-22)36-9-3/h10-12,14-16,18,21,25H,7-9,13,17,19-20H2,1-6H3,(H,30,33)/t25-/m1/s1. The van der Waals surface area contributed by atoms with Crippen molar-refractivity contribution in [3.63, 3.8) is 0 Å². The molecule has 36 heavy (non-hydrogen) atoms. The van der Waals surface area contributed by atoms with Crippen LogP contribution in [0.3, 0.4) is 0 Å². The molecule has 1 atom stereocenters. The summed E-state index contributed by atoms with van der Waals surface area (Å²) < 4.78 is 16.6. The van der Waals surface area contributed by atoms with E-state index in [0.717, 1.165) is 16.9 Å². The largest absolute Gasteiger partial charge is 0.497 e. The Morgan fingerprint density at radius 2 is 1.56 bits per heavy atom. The van der Waals surface area contributed by atoms with E-state index in [9.17, 15) is 9.59 Å². The molecule has 0 aliphatic rings. The number of carbonyl (C=O) groups is 2. The first-order valence-electron chi connectivity index (χ1n) is 12.9. The fraction of sp³-hybridized carbons (Fsp3) is 0.517. The van der Waals surface area contributed by atoms with E-state index in [1.165, 1.54) is 0 Å². The van der Waals surface area contributed by atoms with E-state index in [1.807, 2.05) is 63.2 Å². The Hall–Kier alpha value is -3.22. The maximum atomic E-state index is 13.5. The Kier molecular flexibility index (Phi) is 12.1. The van der Waals surface area contributed by atoms with Crippen molar-refractivity contribution in [2.45, 2.75) is 66.5 Å². The molecule has 0 saturated carbocycles. The van der Waals surface area contributed by atoms with Crippen LogP contribution in [-0.4, -0.2) is 49.6 Å². The van der Waals surface area contributed by atoms with E-state index < -0.39 is 6.04 Å². The van der Waals surface area contributed by atoms with Gasteiger partial charge < -0.3 is 24.4 Å². The van der Waals surface area contributed by atoms with Gasteiger partial charge >= 0.3 is 0 Å². The summed E-state index contributed by atoms with van der Waals surface area (Å²) in [5, 5.41) is 3.00. The number of aryl methyl sites for hydroxylation is 1. The average Bonchev–Trinajstić information content (AvgIpc) is 2.87. The fourth-order valence-corrected chi connectivity index (χ4v) is 3.92. The Morgan fingerprint density at radius 1 is 0.917 bits per heavy atom. The molecule has 7 heteroatoms. The molecule has 198 valence electrons. The molecular weight excluding hydrogens is 456 g/mol. The number of rotatable bonds is 15. The number of methoxy groups -OCH3 is 1. The molecule has 0 fully saturated rings. The molecule has 0 spiro atoms. The maximum Gasteiger partial charge on any atom is 0.242 e. The van der Waals surface area contributed by atoms with Gasteiger partial charge in [-0.3, -0.25) is 9.59 Å². The lowest BCUT2D eigenvalue weighted by Crippen LogP contribution is -2.49. The number of hydrogen-bond donors (Lipinski definition) is 1. The van der Waals surface area contributed by atoms with Crippen molar-refractivity contribution in [1.29, 1.82) is 0 Å². The van der Waals surface area contributed by atoms with E-state index in [1.54, 1.807) is 12.0 Å². The Balaban J connectivity index is 2.22. The summed E-state index contributed by atoms with van der Waals surface area (Å²) in [4.78, 5) is 28.3. The smallest absolute Gasteiger partial charge is 0.242 e. The number of hydrogen-bond acceptors (Lipinski definition) is 5. The molecule has 0 heterocycles. The first kappa shape index (κ1) is 29.0. The summed E-state index contributed by atoms with van der Waals surface area (Å²) in [5.41, 5.74) is 1.93. The van der Waals surface area contributed by atoms with Gasteiger partial charge in [0.1, 0.15) is 11.8 Å². The minimum Gasteiger partial charge on any atom is -0.497 e. The van der Waals surface area contributed by atoms with Crippen LogP contribution >= 0.6 is 0 Å². The summed E-state index contributed by atoms with van der Waals surface area (Å²) in [5.74, 6) is 2.27. The molecule has 0 unspecified atom stereocenters. The summed E-state index contributed by atoms with van der Waals surface area (Å²) in [6.45, 7) is 11.9. The Morgan fingerprint density at radius 3 is 2.14 bits per heavy atom. The van der Waals surface area contributed by atoms with Crippen LogP contribution in [0.2, 0.25) is 0 Å². The number of nitrogens with one attached hydrogen (secondary N) is 1. The van der Waals surface area contributed by atoms with E-state index in [0.29, 0.717) is 56.6 Å². The first-order valence-corrected chi connectivity index (χ1v) is 12.9. The monoisotopic (exact) mass is 498 g/mol. The van der Waals surface area contributed by atoms with Crippen molar-refractivity contribution in [3.05, 3.63) is 53.6 Å². The lowest BCUT2D eigenvalue weighted by Gasteiger charge is -2.31. The molecule has 0 aromatic heterocycles. The Labute approximate surface area is 216 Å². The lowest BCUT2D eigenvalue weighted by molar-refractivity contribution is -0.141. The molecule has 2 rings (SSSR count). The van der Waals surface area contributed by atoms with Crippen LogP contribution in [0.1, 0.15) is 58.6 Å². The van der Waals surface area contributed by atoms with E-state index >= 15 is 0 Å². The maximum absolute atomic E-state index is 13.5. The van der Waals surface area contributed by atoms with Crippen LogP contribution in [0, 0.1) is 5.92 Å². The highest BCUT2D eigenvalue weighted by Crippen LogP contribution is 2.29. The van der Waals surface area contributed by atoms with Crippen LogP contribution in [0.15, 0.2) is 42.5 Å². The van der Waals surface area contributed by atoms with Crippen molar-refractivity contribution in [2.24, 2.45) is 5.92 Å². The predicted octanol–water partition coefficient (Wildman–Crippen LogP) is 5.00. The SMILES string of the molecule is CCOc1ccc(CCC(=O)N(Cc2ccc(OC)cc2)[C@H](CC)C(=O)NCC(C)C)cc1OCC. The number of carbonyl (C=O) groups excluding carboxylic acids is 2. The zero-order valence-corrected chi connectivity index (χ0v) is 22.6. The second kappa shape index (κ2) is 15.0. The van der Waals surface area contributed by atoms with Gasteiger partial charge in [0.2, 0.25) is 11.8 Å². The van der Waals surface area contributed by atoms with Gasteiger partial charge in [0.05, 0.1) is 20.3 Å². The van der Waals surface area contributed by atoms with Crippen LogP contribution in [0.4, 0.5) is 0 Å². The summed E-state index contributed by atoms with van der Waals surface area (Å²) in [6.07, 6.45) is 1.35. The second-order valence-corrected chi connectivity index (χ2v) is 9.08. The van der Waals surface area contributed by atoms with Gasteiger partial charge in [-0.2, -0.15) is 0 Å². The molecule has 2 aromatic carbocycles. The fourth-order valence-electron chi connectivity index (χ4n) is 3.92. The van der Waals surface area contributed by atoms with Gasteiger partial charge in [-0.05, 0) is 68.0 Å². The van der Waals surface area contributed by atoms with Gasteiger partial charge in [0.25, 0.3) is 0 Å². The molecular formula is C29H42N2O5.